The first-order valence-electron chi connectivity index (χ1n) is 5.66. The van der Waals surface area contributed by atoms with E-state index < -0.39 is 0 Å². The van der Waals surface area contributed by atoms with Crippen LogP contribution in [0.5, 0.6) is 0 Å². The molecule has 86 valence electrons. The number of nitriles is 1. The molecule has 0 bridgehead atoms. The number of aromatic nitrogens is 1. The van der Waals surface area contributed by atoms with Crippen molar-refractivity contribution in [2.45, 2.75) is 33.2 Å². The first kappa shape index (κ1) is 11.6. The van der Waals surface area contributed by atoms with Gasteiger partial charge in [-0.05, 0) is 26.7 Å². The zero-order chi connectivity index (χ0) is 11.6. The topological polar surface area (TPSA) is 39.9 Å². The maximum Gasteiger partial charge on any atom is 0.107 e. The fraction of sp³-hybridized carbons (Fsp3) is 0.667. The predicted molar refractivity (Wildman–Crippen MR) is 65.1 cm³/mol. The van der Waals surface area contributed by atoms with Crippen LogP contribution in [0.15, 0.2) is 5.38 Å². The van der Waals surface area contributed by atoms with Crippen molar-refractivity contribution in [1.82, 2.24) is 9.88 Å². The predicted octanol–water partition coefficient (Wildman–Crippen LogP) is 2.58. The van der Waals surface area contributed by atoms with Gasteiger partial charge in [-0.1, -0.05) is 0 Å². The lowest BCUT2D eigenvalue weighted by molar-refractivity contribution is 0.150. The average Bonchev–Trinajstić information content (AvgIpc) is 2.68. The summed E-state index contributed by atoms with van der Waals surface area (Å²) in [6.07, 6.45) is 1.96. The molecular weight excluding hydrogens is 218 g/mol. The molecule has 0 aromatic carbocycles. The Morgan fingerprint density at radius 1 is 1.56 bits per heavy atom. The normalized spacial score (nSPS) is 20.6. The first-order valence-corrected chi connectivity index (χ1v) is 6.54. The molecule has 2 heterocycles. The molecule has 0 saturated carbocycles. The molecular formula is C12H17N3S. The fourth-order valence-electron chi connectivity index (χ4n) is 1.98. The minimum absolute atomic E-state index is 0.102. The Morgan fingerprint density at radius 3 is 2.75 bits per heavy atom. The highest BCUT2D eigenvalue weighted by Crippen LogP contribution is 2.30. The molecule has 4 heteroatoms. The Kier molecular flexibility index (Phi) is 3.27. The largest absolute Gasteiger partial charge is 0.297 e. The fourth-order valence-corrected chi connectivity index (χ4v) is 2.80. The molecule has 0 N–H and O–H groups in total. The third-order valence-corrected chi connectivity index (χ3v) is 4.21. The number of thiazole rings is 1. The average molecular weight is 235 g/mol. The van der Waals surface area contributed by atoms with E-state index in [1.807, 2.05) is 6.92 Å². The molecule has 2 rings (SSSR count). The molecule has 1 saturated heterocycles. The quantitative estimate of drug-likeness (QED) is 0.791. The van der Waals surface area contributed by atoms with Gasteiger partial charge in [0, 0.05) is 24.2 Å². The van der Waals surface area contributed by atoms with Crippen molar-refractivity contribution in [2.24, 2.45) is 5.41 Å². The molecule has 1 aromatic heterocycles. The van der Waals surface area contributed by atoms with E-state index in [-0.39, 0.29) is 5.41 Å². The van der Waals surface area contributed by atoms with Crippen molar-refractivity contribution in [3.8, 4) is 6.07 Å². The summed E-state index contributed by atoms with van der Waals surface area (Å²) >= 11 is 1.73. The summed E-state index contributed by atoms with van der Waals surface area (Å²) in [5, 5.41) is 12.3. The summed E-state index contributed by atoms with van der Waals surface area (Å²) in [6.45, 7) is 7.08. The van der Waals surface area contributed by atoms with Crippen molar-refractivity contribution in [3.05, 3.63) is 16.1 Å². The molecule has 0 aliphatic carbocycles. The summed E-state index contributed by atoms with van der Waals surface area (Å²) in [4.78, 5) is 6.87. The van der Waals surface area contributed by atoms with Crippen LogP contribution in [0.25, 0.3) is 0 Å². The summed E-state index contributed by atoms with van der Waals surface area (Å²) in [5.74, 6) is 0. The van der Waals surface area contributed by atoms with E-state index in [4.69, 9.17) is 5.26 Å². The summed E-state index contributed by atoms with van der Waals surface area (Å²) in [7, 11) is 0. The van der Waals surface area contributed by atoms with Crippen LogP contribution in [0, 0.1) is 23.7 Å². The lowest BCUT2D eigenvalue weighted by Gasteiger charge is -2.34. The lowest BCUT2D eigenvalue weighted by atomic mass is 9.82. The lowest BCUT2D eigenvalue weighted by Crippen LogP contribution is -2.37. The van der Waals surface area contributed by atoms with Gasteiger partial charge in [-0.25, -0.2) is 4.98 Å². The van der Waals surface area contributed by atoms with Crippen LogP contribution in [-0.4, -0.2) is 23.0 Å². The maximum atomic E-state index is 9.05. The number of likely N-dealkylation sites (tertiary alicyclic amines) is 1. The van der Waals surface area contributed by atoms with Crippen LogP contribution in [-0.2, 0) is 6.54 Å². The second-order valence-corrected chi connectivity index (χ2v) is 5.77. The van der Waals surface area contributed by atoms with Crippen LogP contribution in [0.3, 0.4) is 0 Å². The van der Waals surface area contributed by atoms with E-state index in [1.54, 1.807) is 11.3 Å². The Bertz CT molecular complexity index is 397. The number of aryl methyl sites for hydroxylation is 1. The molecule has 1 fully saturated rings. The Labute approximate surface area is 101 Å². The summed E-state index contributed by atoms with van der Waals surface area (Å²) in [6, 6.07) is 2.43. The van der Waals surface area contributed by atoms with Gasteiger partial charge in [0.2, 0.25) is 0 Å². The maximum absolute atomic E-state index is 9.05. The Balaban J connectivity index is 1.89. The highest BCUT2D eigenvalue weighted by atomic mass is 32.1. The van der Waals surface area contributed by atoms with Gasteiger partial charge in [0.25, 0.3) is 0 Å². The number of hydrogen-bond acceptors (Lipinski definition) is 4. The molecule has 16 heavy (non-hydrogen) atoms. The van der Waals surface area contributed by atoms with Crippen LogP contribution in [0.4, 0.5) is 0 Å². The minimum atomic E-state index is -0.102. The van der Waals surface area contributed by atoms with Gasteiger partial charge >= 0.3 is 0 Å². The van der Waals surface area contributed by atoms with E-state index >= 15 is 0 Å². The molecule has 1 aromatic rings. The number of hydrogen-bond donors (Lipinski definition) is 0. The van der Waals surface area contributed by atoms with E-state index in [0.717, 1.165) is 38.2 Å². The second-order valence-electron chi connectivity index (χ2n) is 4.83. The number of rotatable bonds is 2. The van der Waals surface area contributed by atoms with Crippen molar-refractivity contribution in [2.75, 3.05) is 13.1 Å². The third kappa shape index (κ3) is 2.60. The van der Waals surface area contributed by atoms with Gasteiger partial charge in [0.1, 0.15) is 5.01 Å². The van der Waals surface area contributed by atoms with Gasteiger partial charge in [-0.15, -0.1) is 11.3 Å². The smallest absolute Gasteiger partial charge is 0.107 e. The monoisotopic (exact) mass is 235 g/mol. The SMILES string of the molecule is Cc1csc(CN2CCC(C)(C#N)CC2)n1. The first-order chi connectivity index (χ1) is 7.61. The van der Waals surface area contributed by atoms with Crippen LogP contribution in [0.2, 0.25) is 0 Å². The molecule has 0 radical (unpaired) electrons. The van der Waals surface area contributed by atoms with Gasteiger partial charge in [-0.3, -0.25) is 4.90 Å². The molecule has 1 aliphatic heterocycles. The van der Waals surface area contributed by atoms with Crippen LogP contribution >= 0.6 is 11.3 Å². The number of piperidine rings is 1. The van der Waals surface area contributed by atoms with Gasteiger partial charge in [-0.2, -0.15) is 5.26 Å². The molecule has 1 aliphatic rings. The Hall–Kier alpha value is -0.920. The van der Waals surface area contributed by atoms with Gasteiger partial charge in [0.15, 0.2) is 0 Å². The second kappa shape index (κ2) is 4.52. The summed E-state index contributed by atoms with van der Waals surface area (Å²) in [5.41, 5.74) is 1.01. The van der Waals surface area contributed by atoms with Crippen LogP contribution in [0.1, 0.15) is 30.5 Å². The molecule has 0 amide bonds. The van der Waals surface area contributed by atoms with E-state index in [1.165, 1.54) is 5.01 Å². The van der Waals surface area contributed by atoms with Crippen molar-refractivity contribution in [1.29, 1.82) is 5.26 Å². The number of nitrogens with zero attached hydrogens (tertiary/aromatic N) is 3. The standard InChI is InChI=1S/C12H17N3S/c1-10-8-16-11(14-10)7-15-5-3-12(2,9-13)4-6-15/h8H,3-7H2,1-2H3. The van der Waals surface area contributed by atoms with E-state index in [9.17, 15) is 0 Å². The van der Waals surface area contributed by atoms with Gasteiger partial charge in [0.05, 0.1) is 18.0 Å². The van der Waals surface area contributed by atoms with Gasteiger partial charge < -0.3 is 0 Å². The van der Waals surface area contributed by atoms with E-state index in [0.29, 0.717) is 0 Å². The van der Waals surface area contributed by atoms with E-state index in [2.05, 4.69) is 28.3 Å². The summed E-state index contributed by atoms with van der Waals surface area (Å²) < 4.78 is 0. The zero-order valence-corrected chi connectivity index (χ0v) is 10.7. The third-order valence-electron chi connectivity index (χ3n) is 3.25. The molecule has 0 spiro atoms. The highest BCUT2D eigenvalue weighted by Gasteiger charge is 2.29. The van der Waals surface area contributed by atoms with Crippen molar-refractivity contribution >= 4 is 11.3 Å². The molecule has 3 nitrogen and oxygen atoms in total. The Morgan fingerprint density at radius 2 is 2.25 bits per heavy atom. The molecule has 0 unspecified atom stereocenters. The molecule has 0 atom stereocenters. The highest BCUT2D eigenvalue weighted by molar-refractivity contribution is 7.09. The van der Waals surface area contributed by atoms with Crippen molar-refractivity contribution < 1.29 is 0 Å². The van der Waals surface area contributed by atoms with Crippen molar-refractivity contribution in [3.63, 3.8) is 0 Å². The zero-order valence-electron chi connectivity index (χ0n) is 9.86. The van der Waals surface area contributed by atoms with Crippen LogP contribution < -0.4 is 0 Å². The minimum Gasteiger partial charge on any atom is -0.297 e.